The highest BCUT2D eigenvalue weighted by molar-refractivity contribution is 5.93. The van der Waals surface area contributed by atoms with Crippen LogP contribution in [0, 0.1) is 17.2 Å². The molecule has 96 valence electrons. The van der Waals surface area contributed by atoms with Crippen LogP contribution in [0.5, 0.6) is 5.75 Å². The Balaban J connectivity index is 2.84. The van der Waals surface area contributed by atoms with E-state index >= 15 is 0 Å². The van der Waals surface area contributed by atoms with Crippen molar-refractivity contribution in [1.82, 2.24) is 0 Å². The molecule has 0 aromatic heterocycles. The molecule has 0 saturated carbocycles. The lowest BCUT2D eigenvalue weighted by molar-refractivity contribution is -0.119. The van der Waals surface area contributed by atoms with E-state index in [1.165, 1.54) is 7.11 Å². The number of hydrogen-bond acceptors (Lipinski definition) is 3. The van der Waals surface area contributed by atoms with E-state index in [2.05, 4.69) is 5.32 Å². The second-order valence-corrected chi connectivity index (χ2v) is 4.21. The Morgan fingerprint density at radius 2 is 2.28 bits per heavy atom. The monoisotopic (exact) mass is 246 g/mol. The molecular weight excluding hydrogens is 228 g/mol. The summed E-state index contributed by atoms with van der Waals surface area (Å²) in [4.78, 5) is 11.9. The Bertz CT molecular complexity index is 463. The number of rotatable bonds is 5. The molecule has 0 aliphatic heterocycles. The number of anilines is 1. The molecule has 0 aliphatic rings. The van der Waals surface area contributed by atoms with Crippen LogP contribution < -0.4 is 10.1 Å². The molecule has 1 N–H and O–H groups in total. The van der Waals surface area contributed by atoms with Gasteiger partial charge in [0.15, 0.2) is 0 Å². The standard InChI is InChI=1S/C14H18N2O2/c1-4-5-10(2)14(17)16-12-7-6-11(9-15)8-13(12)18-3/h6-8,10H,4-5H2,1-3H3,(H,16,17). The van der Waals surface area contributed by atoms with Crippen LogP contribution in [0.25, 0.3) is 0 Å². The third kappa shape index (κ3) is 3.49. The number of amides is 1. The average Bonchev–Trinajstić information content (AvgIpc) is 2.39. The fourth-order valence-corrected chi connectivity index (χ4v) is 1.68. The molecule has 1 atom stereocenters. The van der Waals surface area contributed by atoms with Crippen molar-refractivity contribution >= 4 is 11.6 Å². The molecule has 1 aromatic rings. The number of ether oxygens (including phenoxy) is 1. The van der Waals surface area contributed by atoms with Gasteiger partial charge in [-0.1, -0.05) is 20.3 Å². The van der Waals surface area contributed by atoms with Crippen LogP contribution >= 0.6 is 0 Å². The number of nitriles is 1. The van der Waals surface area contributed by atoms with Crippen LogP contribution in [0.2, 0.25) is 0 Å². The van der Waals surface area contributed by atoms with Gasteiger partial charge in [0.25, 0.3) is 0 Å². The molecule has 0 bridgehead atoms. The smallest absolute Gasteiger partial charge is 0.227 e. The molecule has 0 radical (unpaired) electrons. The van der Waals surface area contributed by atoms with Gasteiger partial charge in [0.1, 0.15) is 5.75 Å². The molecule has 0 heterocycles. The van der Waals surface area contributed by atoms with Crippen molar-refractivity contribution in [2.75, 3.05) is 12.4 Å². The second kappa shape index (κ2) is 6.65. The molecule has 0 saturated heterocycles. The minimum atomic E-state index is -0.0321. The van der Waals surface area contributed by atoms with Crippen molar-refractivity contribution in [3.63, 3.8) is 0 Å². The zero-order valence-electron chi connectivity index (χ0n) is 11.0. The fraction of sp³-hybridized carbons (Fsp3) is 0.429. The van der Waals surface area contributed by atoms with E-state index in [9.17, 15) is 4.79 Å². The van der Waals surface area contributed by atoms with Crippen LogP contribution in [0.4, 0.5) is 5.69 Å². The quantitative estimate of drug-likeness (QED) is 0.868. The molecule has 0 fully saturated rings. The van der Waals surface area contributed by atoms with Gasteiger partial charge in [-0.3, -0.25) is 4.79 Å². The zero-order chi connectivity index (χ0) is 13.5. The summed E-state index contributed by atoms with van der Waals surface area (Å²) in [5.41, 5.74) is 1.11. The summed E-state index contributed by atoms with van der Waals surface area (Å²) in [5, 5.41) is 11.6. The maximum atomic E-state index is 11.9. The van der Waals surface area contributed by atoms with Crippen LogP contribution in [0.1, 0.15) is 32.3 Å². The van der Waals surface area contributed by atoms with Gasteiger partial charge < -0.3 is 10.1 Å². The van der Waals surface area contributed by atoms with Gasteiger partial charge in [-0.05, 0) is 18.6 Å². The summed E-state index contributed by atoms with van der Waals surface area (Å²) < 4.78 is 5.16. The summed E-state index contributed by atoms with van der Waals surface area (Å²) in [6, 6.07) is 6.99. The van der Waals surface area contributed by atoms with E-state index in [-0.39, 0.29) is 11.8 Å². The van der Waals surface area contributed by atoms with E-state index in [0.29, 0.717) is 17.0 Å². The van der Waals surface area contributed by atoms with Crippen molar-refractivity contribution in [3.05, 3.63) is 23.8 Å². The van der Waals surface area contributed by atoms with E-state index < -0.39 is 0 Å². The molecule has 0 aliphatic carbocycles. The Morgan fingerprint density at radius 3 is 2.83 bits per heavy atom. The first-order chi connectivity index (χ1) is 8.62. The van der Waals surface area contributed by atoms with E-state index in [0.717, 1.165) is 12.8 Å². The lowest BCUT2D eigenvalue weighted by Crippen LogP contribution is -2.20. The van der Waals surface area contributed by atoms with Crippen LogP contribution in [0.15, 0.2) is 18.2 Å². The van der Waals surface area contributed by atoms with Crippen molar-refractivity contribution < 1.29 is 9.53 Å². The molecule has 4 nitrogen and oxygen atoms in total. The van der Waals surface area contributed by atoms with E-state index in [4.69, 9.17) is 10.00 Å². The Hall–Kier alpha value is -2.02. The van der Waals surface area contributed by atoms with Gasteiger partial charge in [-0.2, -0.15) is 5.26 Å². The lowest BCUT2D eigenvalue weighted by atomic mass is 10.1. The molecule has 4 heteroatoms. The van der Waals surface area contributed by atoms with Gasteiger partial charge in [-0.25, -0.2) is 0 Å². The highest BCUT2D eigenvalue weighted by Gasteiger charge is 2.14. The van der Waals surface area contributed by atoms with Crippen LogP contribution in [-0.2, 0) is 4.79 Å². The Labute approximate surface area is 108 Å². The number of carbonyl (C=O) groups is 1. The van der Waals surface area contributed by atoms with Gasteiger partial charge in [-0.15, -0.1) is 0 Å². The number of benzene rings is 1. The average molecular weight is 246 g/mol. The summed E-state index contributed by atoms with van der Waals surface area (Å²) >= 11 is 0. The predicted octanol–water partition coefficient (Wildman–Crippen LogP) is 2.94. The number of carbonyl (C=O) groups excluding carboxylic acids is 1. The molecule has 1 unspecified atom stereocenters. The summed E-state index contributed by atoms with van der Waals surface area (Å²) in [7, 11) is 1.52. The fourth-order valence-electron chi connectivity index (χ4n) is 1.68. The topological polar surface area (TPSA) is 62.1 Å². The maximum Gasteiger partial charge on any atom is 0.227 e. The second-order valence-electron chi connectivity index (χ2n) is 4.21. The molecule has 1 aromatic carbocycles. The maximum absolute atomic E-state index is 11.9. The minimum absolute atomic E-state index is 0.0279. The zero-order valence-corrected chi connectivity index (χ0v) is 11.0. The number of nitrogens with zero attached hydrogens (tertiary/aromatic N) is 1. The number of nitrogens with one attached hydrogen (secondary N) is 1. The van der Waals surface area contributed by atoms with Crippen molar-refractivity contribution in [1.29, 1.82) is 5.26 Å². The molecule has 1 rings (SSSR count). The largest absolute Gasteiger partial charge is 0.495 e. The summed E-state index contributed by atoms with van der Waals surface area (Å²) in [6.45, 7) is 3.95. The lowest BCUT2D eigenvalue weighted by Gasteiger charge is -2.13. The van der Waals surface area contributed by atoms with Crippen molar-refractivity contribution in [2.24, 2.45) is 5.92 Å². The van der Waals surface area contributed by atoms with Gasteiger partial charge in [0.05, 0.1) is 24.4 Å². The first-order valence-corrected chi connectivity index (χ1v) is 6.01. The van der Waals surface area contributed by atoms with Crippen molar-refractivity contribution in [3.8, 4) is 11.8 Å². The molecule has 18 heavy (non-hydrogen) atoms. The van der Waals surface area contributed by atoms with Crippen molar-refractivity contribution in [2.45, 2.75) is 26.7 Å². The Kier molecular flexibility index (Phi) is 5.19. The molecule has 1 amide bonds. The predicted molar refractivity (Wildman–Crippen MR) is 70.4 cm³/mol. The third-order valence-corrected chi connectivity index (χ3v) is 2.76. The molecule has 0 spiro atoms. The highest BCUT2D eigenvalue weighted by Crippen LogP contribution is 2.26. The van der Waals surface area contributed by atoms with Crippen LogP contribution in [0.3, 0.4) is 0 Å². The molecular formula is C14H18N2O2. The Morgan fingerprint density at radius 1 is 1.56 bits per heavy atom. The third-order valence-electron chi connectivity index (χ3n) is 2.76. The number of hydrogen-bond donors (Lipinski definition) is 1. The minimum Gasteiger partial charge on any atom is -0.495 e. The van der Waals surface area contributed by atoms with E-state index in [1.54, 1.807) is 18.2 Å². The highest BCUT2D eigenvalue weighted by atomic mass is 16.5. The normalized spacial score (nSPS) is 11.4. The first kappa shape index (κ1) is 14.0. The summed E-state index contributed by atoms with van der Waals surface area (Å²) in [6.07, 6.45) is 1.82. The van der Waals surface area contributed by atoms with Crippen LogP contribution in [-0.4, -0.2) is 13.0 Å². The van der Waals surface area contributed by atoms with Gasteiger partial charge >= 0.3 is 0 Å². The number of methoxy groups -OCH3 is 1. The van der Waals surface area contributed by atoms with Gasteiger partial charge in [0, 0.05) is 12.0 Å². The van der Waals surface area contributed by atoms with E-state index in [1.807, 2.05) is 19.9 Å². The van der Waals surface area contributed by atoms with Gasteiger partial charge in [0.2, 0.25) is 5.91 Å². The summed E-state index contributed by atoms with van der Waals surface area (Å²) in [5.74, 6) is 0.446. The SMILES string of the molecule is CCCC(C)C(=O)Nc1ccc(C#N)cc1OC. The first-order valence-electron chi connectivity index (χ1n) is 6.01.